The lowest BCUT2D eigenvalue weighted by atomic mass is 9.98. The maximum absolute atomic E-state index is 10.9. The molecule has 2 unspecified atom stereocenters. The molecule has 0 aromatic rings. The van der Waals surface area contributed by atoms with Crippen LogP contribution in [0.5, 0.6) is 0 Å². The summed E-state index contributed by atoms with van der Waals surface area (Å²) in [6.45, 7) is 0. The van der Waals surface area contributed by atoms with Crippen LogP contribution in [0, 0.1) is 0 Å². The number of thioether (sulfide) groups is 1. The maximum atomic E-state index is 10.9. The van der Waals surface area contributed by atoms with Crippen LogP contribution in [0.4, 0.5) is 0 Å². The molecule has 1 aliphatic carbocycles. The second kappa shape index (κ2) is 6.61. The van der Waals surface area contributed by atoms with E-state index in [1.807, 2.05) is 0 Å². The lowest BCUT2D eigenvalue weighted by Gasteiger charge is -2.23. The fraction of sp³-hybridized carbons (Fsp3) is 0.846. The Bertz CT molecular complexity index is 331. The zero-order chi connectivity index (χ0) is 13.7. The molecule has 2 fully saturated rings. The van der Waals surface area contributed by atoms with E-state index in [-0.39, 0.29) is 11.7 Å². The summed E-state index contributed by atoms with van der Waals surface area (Å²) < 4.78 is 6.15. The Labute approximate surface area is 117 Å². The van der Waals surface area contributed by atoms with Gasteiger partial charge in [0.2, 0.25) is 6.41 Å². The minimum atomic E-state index is -0.987. The van der Waals surface area contributed by atoms with Crippen molar-refractivity contribution in [2.45, 2.75) is 56.3 Å². The van der Waals surface area contributed by atoms with Crippen LogP contribution in [-0.4, -0.2) is 46.7 Å². The van der Waals surface area contributed by atoms with E-state index in [0.717, 1.165) is 18.6 Å². The smallest absolute Gasteiger partial charge is 0.327 e. The van der Waals surface area contributed by atoms with E-state index >= 15 is 0 Å². The number of carbonyl (C=O) groups is 2. The third-order valence-electron chi connectivity index (χ3n) is 4.01. The summed E-state index contributed by atoms with van der Waals surface area (Å²) in [6, 6.07) is -0.802. The van der Waals surface area contributed by atoms with E-state index < -0.39 is 12.0 Å². The normalized spacial score (nSPS) is 26.4. The van der Waals surface area contributed by atoms with Gasteiger partial charge in [0.15, 0.2) is 0 Å². The minimum Gasteiger partial charge on any atom is -0.480 e. The first kappa shape index (κ1) is 14.7. The summed E-state index contributed by atoms with van der Waals surface area (Å²) in [5.74, 6) is 0.215. The third kappa shape index (κ3) is 3.86. The molecule has 1 spiro atoms. The Kier molecular flexibility index (Phi) is 5.10. The lowest BCUT2D eigenvalue weighted by molar-refractivity contribution is -0.139. The molecule has 2 rings (SSSR count). The van der Waals surface area contributed by atoms with Gasteiger partial charge in [-0.15, -0.1) is 0 Å². The van der Waals surface area contributed by atoms with Gasteiger partial charge in [0.25, 0.3) is 0 Å². The van der Waals surface area contributed by atoms with Crippen LogP contribution in [0.3, 0.4) is 0 Å². The van der Waals surface area contributed by atoms with E-state index in [9.17, 15) is 9.59 Å². The molecule has 0 radical (unpaired) electrons. The molecule has 1 aliphatic heterocycles. The third-order valence-corrected chi connectivity index (χ3v) is 5.19. The van der Waals surface area contributed by atoms with Gasteiger partial charge in [-0.3, -0.25) is 4.79 Å². The molecular weight excluding hydrogens is 266 g/mol. The van der Waals surface area contributed by atoms with Crippen LogP contribution >= 0.6 is 11.8 Å². The molecular formula is C13H21NO4S. The largest absolute Gasteiger partial charge is 0.480 e. The standard InChI is InChI=1S/C13H21NO4S/c15-9-14-11(12(16)17)8-19-7-10-3-6-13(18-10)4-1-2-5-13/h9-11H,1-8H2,(H,14,15)(H,16,17). The maximum Gasteiger partial charge on any atom is 0.327 e. The number of hydrogen-bond donors (Lipinski definition) is 2. The van der Waals surface area contributed by atoms with Crippen molar-refractivity contribution in [2.24, 2.45) is 0 Å². The summed E-state index contributed by atoms with van der Waals surface area (Å²) in [5, 5.41) is 11.2. The second-order valence-corrected chi connectivity index (χ2v) is 6.46. The number of carboxylic acids is 1. The van der Waals surface area contributed by atoms with Gasteiger partial charge < -0.3 is 15.2 Å². The second-order valence-electron chi connectivity index (χ2n) is 5.38. The fourth-order valence-electron chi connectivity index (χ4n) is 2.99. The SMILES string of the molecule is O=CNC(CSCC1CCC2(CCCC2)O1)C(=O)O. The summed E-state index contributed by atoms with van der Waals surface area (Å²) in [4.78, 5) is 21.2. The molecule has 6 heteroatoms. The number of hydrogen-bond acceptors (Lipinski definition) is 4. The number of carboxylic acid groups (broad SMARTS) is 1. The van der Waals surface area contributed by atoms with Crippen molar-refractivity contribution in [2.75, 3.05) is 11.5 Å². The van der Waals surface area contributed by atoms with Crippen LogP contribution in [-0.2, 0) is 14.3 Å². The average molecular weight is 287 g/mol. The van der Waals surface area contributed by atoms with Crippen LogP contribution in [0.15, 0.2) is 0 Å². The highest BCUT2D eigenvalue weighted by atomic mass is 32.2. The van der Waals surface area contributed by atoms with Gasteiger partial charge in [-0.1, -0.05) is 12.8 Å². The Balaban J connectivity index is 1.68. The van der Waals surface area contributed by atoms with Gasteiger partial charge in [0, 0.05) is 11.5 Å². The van der Waals surface area contributed by atoms with Crippen LogP contribution < -0.4 is 5.32 Å². The lowest BCUT2D eigenvalue weighted by Crippen LogP contribution is -2.38. The number of amides is 1. The van der Waals surface area contributed by atoms with Crippen LogP contribution in [0.25, 0.3) is 0 Å². The van der Waals surface area contributed by atoms with E-state index in [0.29, 0.717) is 12.2 Å². The van der Waals surface area contributed by atoms with Crippen molar-refractivity contribution in [3.63, 3.8) is 0 Å². The molecule has 0 bridgehead atoms. The predicted octanol–water partition coefficient (Wildman–Crippen LogP) is 1.41. The first-order valence-corrected chi connectivity index (χ1v) is 7.99. The Morgan fingerprint density at radius 1 is 1.47 bits per heavy atom. The number of ether oxygens (including phenoxy) is 1. The van der Waals surface area contributed by atoms with Crippen molar-refractivity contribution in [3.05, 3.63) is 0 Å². The van der Waals surface area contributed by atoms with E-state index in [2.05, 4.69) is 5.32 Å². The molecule has 0 aromatic carbocycles. The first-order chi connectivity index (χ1) is 9.15. The summed E-state index contributed by atoms with van der Waals surface area (Å²) >= 11 is 1.54. The molecule has 1 saturated carbocycles. The van der Waals surface area contributed by atoms with Crippen molar-refractivity contribution in [3.8, 4) is 0 Å². The van der Waals surface area contributed by atoms with E-state index in [4.69, 9.17) is 9.84 Å². The highest BCUT2D eigenvalue weighted by molar-refractivity contribution is 7.99. The van der Waals surface area contributed by atoms with Gasteiger partial charge in [-0.05, 0) is 25.7 Å². The molecule has 1 saturated heterocycles. The number of aliphatic carboxylic acids is 1. The molecule has 19 heavy (non-hydrogen) atoms. The zero-order valence-corrected chi connectivity index (χ0v) is 11.8. The van der Waals surface area contributed by atoms with Gasteiger partial charge in [0.1, 0.15) is 6.04 Å². The van der Waals surface area contributed by atoms with Crippen LogP contribution in [0.2, 0.25) is 0 Å². The molecule has 0 aromatic heterocycles. The molecule has 5 nitrogen and oxygen atoms in total. The Morgan fingerprint density at radius 2 is 2.21 bits per heavy atom. The highest BCUT2D eigenvalue weighted by Gasteiger charge is 2.41. The summed E-state index contributed by atoms with van der Waals surface area (Å²) in [5.41, 5.74) is 0.137. The quantitative estimate of drug-likeness (QED) is 0.692. The number of nitrogens with one attached hydrogen (secondary N) is 1. The van der Waals surface area contributed by atoms with Crippen molar-refractivity contribution in [1.82, 2.24) is 5.32 Å². The van der Waals surface area contributed by atoms with Crippen molar-refractivity contribution >= 4 is 24.1 Å². The Morgan fingerprint density at radius 3 is 2.84 bits per heavy atom. The molecule has 108 valence electrons. The molecule has 2 aliphatic rings. The predicted molar refractivity (Wildman–Crippen MR) is 73.3 cm³/mol. The summed E-state index contributed by atoms with van der Waals surface area (Å²) in [6.07, 6.45) is 7.80. The highest BCUT2D eigenvalue weighted by Crippen LogP contribution is 2.43. The first-order valence-electron chi connectivity index (χ1n) is 6.83. The Hall–Kier alpha value is -0.750. The van der Waals surface area contributed by atoms with E-state index in [1.165, 1.54) is 25.7 Å². The summed E-state index contributed by atoms with van der Waals surface area (Å²) in [7, 11) is 0. The molecule has 2 N–H and O–H groups in total. The average Bonchev–Trinajstić information content (AvgIpc) is 2.99. The monoisotopic (exact) mass is 287 g/mol. The fourth-order valence-corrected chi connectivity index (χ4v) is 4.10. The minimum absolute atomic E-state index is 0.137. The van der Waals surface area contributed by atoms with Gasteiger partial charge >= 0.3 is 5.97 Å². The number of carbonyl (C=O) groups excluding carboxylic acids is 1. The van der Waals surface area contributed by atoms with Gasteiger partial charge in [-0.25, -0.2) is 4.79 Å². The van der Waals surface area contributed by atoms with Gasteiger partial charge in [0.05, 0.1) is 11.7 Å². The molecule has 1 heterocycles. The van der Waals surface area contributed by atoms with Crippen molar-refractivity contribution < 1.29 is 19.4 Å². The van der Waals surface area contributed by atoms with Crippen molar-refractivity contribution in [1.29, 1.82) is 0 Å². The topological polar surface area (TPSA) is 75.6 Å². The van der Waals surface area contributed by atoms with E-state index in [1.54, 1.807) is 11.8 Å². The van der Waals surface area contributed by atoms with Crippen LogP contribution in [0.1, 0.15) is 38.5 Å². The molecule has 2 atom stereocenters. The zero-order valence-electron chi connectivity index (χ0n) is 11.0. The number of rotatable bonds is 7. The molecule has 1 amide bonds. The van der Waals surface area contributed by atoms with Gasteiger partial charge in [-0.2, -0.15) is 11.8 Å².